The van der Waals surface area contributed by atoms with Crippen LogP contribution in [-0.2, 0) is 16.2 Å². The van der Waals surface area contributed by atoms with Crippen LogP contribution >= 0.6 is 0 Å². The molecule has 0 spiro atoms. The standard InChI is InChI=1S/C15H12F2N2O2/c16-12-6-7-14(13(17)8-12)19-15(20)9-18-21-10-11-4-2-1-3-5-11/h1-9H,10H2,(H,19,20)/b18-9+. The lowest BCUT2D eigenvalue weighted by Gasteiger charge is -2.03. The second-order valence-electron chi connectivity index (χ2n) is 4.11. The van der Waals surface area contributed by atoms with Crippen molar-refractivity contribution in [3.63, 3.8) is 0 Å². The average Bonchev–Trinajstić information content (AvgIpc) is 2.48. The minimum absolute atomic E-state index is 0.129. The number of amides is 1. The van der Waals surface area contributed by atoms with Gasteiger partial charge >= 0.3 is 0 Å². The number of rotatable bonds is 5. The van der Waals surface area contributed by atoms with Crippen LogP contribution in [0.5, 0.6) is 0 Å². The number of halogens is 2. The van der Waals surface area contributed by atoms with Crippen LogP contribution in [0.15, 0.2) is 53.7 Å². The normalized spacial score (nSPS) is 10.6. The van der Waals surface area contributed by atoms with E-state index in [4.69, 9.17) is 4.84 Å². The Hall–Kier alpha value is -2.76. The van der Waals surface area contributed by atoms with E-state index in [1.807, 2.05) is 30.3 Å². The molecule has 2 aromatic carbocycles. The Morgan fingerprint density at radius 2 is 1.95 bits per heavy atom. The Balaban J connectivity index is 1.82. The van der Waals surface area contributed by atoms with Crippen LogP contribution in [-0.4, -0.2) is 12.1 Å². The molecule has 2 rings (SSSR count). The lowest BCUT2D eigenvalue weighted by Crippen LogP contribution is -2.14. The fraction of sp³-hybridized carbons (Fsp3) is 0.0667. The Labute approximate surface area is 120 Å². The second-order valence-corrected chi connectivity index (χ2v) is 4.11. The number of carbonyl (C=O) groups is 1. The highest BCUT2D eigenvalue weighted by molar-refractivity contribution is 6.31. The van der Waals surface area contributed by atoms with Crippen LogP contribution in [0.3, 0.4) is 0 Å². The lowest BCUT2D eigenvalue weighted by molar-refractivity contribution is -0.110. The topological polar surface area (TPSA) is 50.7 Å². The molecule has 0 saturated heterocycles. The summed E-state index contributed by atoms with van der Waals surface area (Å²) in [5, 5.41) is 5.70. The molecular weight excluding hydrogens is 278 g/mol. The van der Waals surface area contributed by atoms with Gasteiger partial charge in [-0.15, -0.1) is 0 Å². The first-order valence-corrected chi connectivity index (χ1v) is 6.10. The molecule has 0 bridgehead atoms. The third-order valence-corrected chi connectivity index (χ3v) is 2.51. The van der Waals surface area contributed by atoms with Gasteiger partial charge in [0, 0.05) is 6.07 Å². The van der Waals surface area contributed by atoms with Gasteiger partial charge in [-0.3, -0.25) is 4.79 Å². The van der Waals surface area contributed by atoms with Crippen molar-refractivity contribution < 1.29 is 18.4 Å². The van der Waals surface area contributed by atoms with Crippen molar-refractivity contribution in [2.75, 3.05) is 5.32 Å². The fourth-order valence-electron chi connectivity index (χ4n) is 1.53. The smallest absolute Gasteiger partial charge is 0.270 e. The van der Waals surface area contributed by atoms with Crippen LogP contribution in [0.25, 0.3) is 0 Å². The molecule has 21 heavy (non-hydrogen) atoms. The third-order valence-electron chi connectivity index (χ3n) is 2.51. The maximum atomic E-state index is 13.3. The Kier molecular flexibility index (Phi) is 4.98. The predicted molar refractivity (Wildman–Crippen MR) is 74.7 cm³/mol. The van der Waals surface area contributed by atoms with Gasteiger partial charge in [0.2, 0.25) is 0 Å². The van der Waals surface area contributed by atoms with Gasteiger partial charge in [-0.05, 0) is 17.7 Å². The maximum Gasteiger partial charge on any atom is 0.270 e. The summed E-state index contributed by atoms with van der Waals surface area (Å²) in [6.07, 6.45) is 0.881. The summed E-state index contributed by atoms with van der Waals surface area (Å²) in [5.74, 6) is -2.25. The van der Waals surface area contributed by atoms with Crippen LogP contribution in [0.1, 0.15) is 5.56 Å². The molecule has 6 heteroatoms. The molecular formula is C15H12F2N2O2. The Morgan fingerprint density at radius 1 is 1.19 bits per heavy atom. The zero-order valence-electron chi connectivity index (χ0n) is 10.9. The largest absolute Gasteiger partial charge is 0.391 e. The lowest BCUT2D eigenvalue weighted by atomic mass is 10.2. The van der Waals surface area contributed by atoms with Crippen molar-refractivity contribution in [1.29, 1.82) is 0 Å². The third kappa shape index (κ3) is 4.68. The summed E-state index contributed by atoms with van der Waals surface area (Å²) in [6.45, 7) is 0.218. The van der Waals surface area contributed by atoms with Gasteiger partial charge in [0.1, 0.15) is 24.5 Å². The van der Waals surface area contributed by atoms with Gasteiger partial charge in [-0.1, -0.05) is 35.5 Å². The van der Waals surface area contributed by atoms with Crippen molar-refractivity contribution in [2.24, 2.45) is 5.16 Å². The highest BCUT2D eigenvalue weighted by atomic mass is 19.1. The molecule has 0 radical (unpaired) electrons. The van der Waals surface area contributed by atoms with Crippen molar-refractivity contribution in [2.45, 2.75) is 6.61 Å². The van der Waals surface area contributed by atoms with E-state index in [9.17, 15) is 13.6 Å². The number of anilines is 1. The number of hydrogen-bond donors (Lipinski definition) is 1. The molecule has 0 atom stereocenters. The van der Waals surface area contributed by atoms with Gasteiger partial charge in [-0.25, -0.2) is 8.78 Å². The zero-order valence-corrected chi connectivity index (χ0v) is 10.9. The van der Waals surface area contributed by atoms with Gasteiger partial charge in [0.15, 0.2) is 0 Å². The van der Waals surface area contributed by atoms with Crippen molar-refractivity contribution in [3.8, 4) is 0 Å². The summed E-state index contributed by atoms with van der Waals surface area (Å²) in [5.41, 5.74) is 0.774. The quantitative estimate of drug-likeness (QED) is 0.679. The summed E-state index contributed by atoms with van der Waals surface area (Å²) in [7, 11) is 0. The molecule has 0 aliphatic heterocycles. The van der Waals surface area contributed by atoms with Crippen LogP contribution < -0.4 is 5.32 Å². The molecule has 0 unspecified atom stereocenters. The molecule has 4 nitrogen and oxygen atoms in total. The van der Waals surface area contributed by atoms with E-state index in [1.165, 1.54) is 0 Å². The summed E-state index contributed by atoms with van der Waals surface area (Å²) < 4.78 is 26.0. The molecule has 0 aromatic heterocycles. The number of benzene rings is 2. The SMILES string of the molecule is O=C(/C=N/OCc1ccccc1)Nc1ccc(F)cc1F. The van der Waals surface area contributed by atoms with E-state index in [0.717, 1.165) is 23.9 Å². The molecule has 0 saturated carbocycles. The fourth-order valence-corrected chi connectivity index (χ4v) is 1.53. The molecule has 2 aromatic rings. The monoisotopic (exact) mass is 290 g/mol. The van der Waals surface area contributed by atoms with Gasteiger partial charge in [0.25, 0.3) is 5.91 Å². The maximum absolute atomic E-state index is 13.3. The molecule has 1 N–H and O–H groups in total. The number of hydrogen-bond acceptors (Lipinski definition) is 3. The highest BCUT2D eigenvalue weighted by Gasteiger charge is 2.06. The summed E-state index contributed by atoms with van der Waals surface area (Å²) in [6, 6.07) is 12.1. The van der Waals surface area contributed by atoms with Crippen LogP contribution in [0, 0.1) is 11.6 Å². The van der Waals surface area contributed by atoms with Gasteiger partial charge in [-0.2, -0.15) is 0 Å². The molecule has 1 amide bonds. The molecule has 0 aliphatic rings. The number of oxime groups is 1. The van der Waals surface area contributed by atoms with E-state index in [2.05, 4.69) is 10.5 Å². The minimum atomic E-state index is -0.859. The number of carbonyl (C=O) groups excluding carboxylic acids is 1. The second kappa shape index (κ2) is 7.14. The average molecular weight is 290 g/mol. The minimum Gasteiger partial charge on any atom is -0.391 e. The van der Waals surface area contributed by atoms with Gasteiger partial charge in [0.05, 0.1) is 5.69 Å². The van der Waals surface area contributed by atoms with E-state index in [0.29, 0.717) is 6.07 Å². The number of nitrogens with one attached hydrogen (secondary N) is 1. The van der Waals surface area contributed by atoms with Gasteiger partial charge < -0.3 is 10.2 Å². The van der Waals surface area contributed by atoms with Crippen LogP contribution in [0.4, 0.5) is 14.5 Å². The summed E-state index contributed by atoms with van der Waals surface area (Å²) >= 11 is 0. The Morgan fingerprint density at radius 3 is 2.67 bits per heavy atom. The summed E-state index contributed by atoms with van der Waals surface area (Å²) in [4.78, 5) is 16.4. The first-order valence-electron chi connectivity index (χ1n) is 6.10. The van der Waals surface area contributed by atoms with E-state index < -0.39 is 17.5 Å². The van der Waals surface area contributed by atoms with E-state index in [-0.39, 0.29) is 12.3 Å². The molecule has 0 aliphatic carbocycles. The van der Waals surface area contributed by atoms with Crippen molar-refractivity contribution in [3.05, 3.63) is 65.7 Å². The van der Waals surface area contributed by atoms with Crippen molar-refractivity contribution in [1.82, 2.24) is 0 Å². The molecule has 0 heterocycles. The van der Waals surface area contributed by atoms with E-state index in [1.54, 1.807) is 0 Å². The molecule has 0 fully saturated rings. The first kappa shape index (κ1) is 14.6. The van der Waals surface area contributed by atoms with E-state index >= 15 is 0 Å². The first-order chi connectivity index (χ1) is 10.1. The van der Waals surface area contributed by atoms with Crippen LogP contribution in [0.2, 0.25) is 0 Å². The predicted octanol–water partition coefficient (Wildman–Crippen LogP) is 3.11. The van der Waals surface area contributed by atoms with Crippen molar-refractivity contribution >= 4 is 17.8 Å². The molecule has 108 valence electrons. The highest BCUT2D eigenvalue weighted by Crippen LogP contribution is 2.14. The Bertz CT molecular complexity index is 645. The number of nitrogens with zero attached hydrogens (tertiary/aromatic N) is 1. The zero-order chi connectivity index (χ0) is 15.1.